The molecule has 0 N–H and O–H groups in total. The van der Waals surface area contributed by atoms with Crippen molar-refractivity contribution in [2.75, 3.05) is 0 Å². The molecule has 17 heavy (non-hydrogen) atoms. The zero-order valence-electron chi connectivity index (χ0n) is 11.3. The highest BCUT2D eigenvalue weighted by Gasteiger charge is 1.98. The fourth-order valence-electron chi connectivity index (χ4n) is 2.56. The Balaban J connectivity index is 2.28. The lowest BCUT2D eigenvalue weighted by molar-refractivity contribution is -0.105. The van der Waals surface area contributed by atoms with Crippen molar-refractivity contribution in [3.8, 4) is 0 Å². The first-order valence-electron chi connectivity index (χ1n) is 7.57. The van der Waals surface area contributed by atoms with Crippen LogP contribution in [0.4, 0.5) is 0 Å². The van der Waals surface area contributed by atoms with Gasteiger partial charge < -0.3 is 0 Å². The molecule has 0 aliphatic heterocycles. The average Bonchev–Trinajstić information content (AvgIpc) is 2.36. The van der Waals surface area contributed by atoms with Gasteiger partial charge in [0.15, 0.2) is 0 Å². The summed E-state index contributed by atoms with van der Waals surface area (Å²) in [7, 11) is 0. The van der Waals surface area contributed by atoms with Crippen molar-refractivity contribution in [3.63, 3.8) is 0 Å². The van der Waals surface area contributed by atoms with E-state index in [0.717, 1.165) is 24.7 Å². The van der Waals surface area contributed by atoms with Crippen LogP contribution in [0.1, 0.15) is 83.5 Å². The highest BCUT2D eigenvalue weighted by atomic mass is 16.1. The van der Waals surface area contributed by atoms with E-state index in [-0.39, 0.29) is 0 Å². The fraction of sp³-hybridized carbons (Fsp3) is 0.812. The Morgan fingerprint density at radius 1 is 0.706 bits per heavy atom. The van der Waals surface area contributed by atoms with E-state index in [9.17, 15) is 4.79 Å². The maximum Gasteiger partial charge on any atom is 0.145 e. The number of carbonyl (C=O) groups excluding carboxylic acids is 1. The molecule has 0 unspecified atom stereocenters. The van der Waals surface area contributed by atoms with Gasteiger partial charge in [0.2, 0.25) is 0 Å². The predicted octanol–water partition coefficient (Wildman–Crippen LogP) is 5.20. The minimum atomic E-state index is 1.00. The van der Waals surface area contributed by atoms with Crippen molar-refractivity contribution in [2.45, 2.75) is 83.5 Å². The summed E-state index contributed by atoms with van der Waals surface area (Å²) in [5.74, 6) is 0. The molecule has 1 rings (SSSR count). The van der Waals surface area contributed by atoms with Crippen LogP contribution >= 0.6 is 0 Å². The highest BCUT2D eigenvalue weighted by molar-refractivity contribution is 5.72. The van der Waals surface area contributed by atoms with E-state index in [4.69, 9.17) is 0 Å². The van der Waals surface area contributed by atoms with E-state index < -0.39 is 0 Å². The number of hydrogen-bond donors (Lipinski definition) is 0. The monoisotopic (exact) mass is 236 g/mol. The molecule has 0 aromatic carbocycles. The van der Waals surface area contributed by atoms with Gasteiger partial charge in [0, 0.05) is 0 Å². The maximum absolute atomic E-state index is 10.9. The van der Waals surface area contributed by atoms with Crippen LogP contribution in [0.15, 0.2) is 11.6 Å². The van der Waals surface area contributed by atoms with Crippen LogP contribution in [-0.4, -0.2) is 6.29 Å². The van der Waals surface area contributed by atoms with Crippen LogP contribution < -0.4 is 0 Å². The second kappa shape index (κ2) is 10.6. The summed E-state index contributed by atoms with van der Waals surface area (Å²) in [6.07, 6.45) is 20.2. The van der Waals surface area contributed by atoms with E-state index in [1.165, 1.54) is 70.6 Å². The third kappa shape index (κ3) is 8.18. The second-order valence-electron chi connectivity index (χ2n) is 5.32. The molecule has 1 heteroatoms. The van der Waals surface area contributed by atoms with Crippen molar-refractivity contribution in [3.05, 3.63) is 11.6 Å². The van der Waals surface area contributed by atoms with Crippen molar-refractivity contribution >= 4 is 6.29 Å². The van der Waals surface area contributed by atoms with Gasteiger partial charge in [-0.15, -0.1) is 0 Å². The normalized spacial score (nSPS) is 25.1. The minimum absolute atomic E-state index is 1.00. The standard InChI is InChI=1S/C16H28O/c17-15-16-13-11-9-7-5-3-1-2-4-6-8-10-12-14-16/h13,15H,1-12,14H2/b16-13+. The van der Waals surface area contributed by atoms with E-state index >= 15 is 0 Å². The van der Waals surface area contributed by atoms with Gasteiger partial charge in [-0.05, 0) is 31.3 Å². The van der Waals surface area contributed by atoms with E-state index in [2.05, 4.69) is 6.08 Å². The van der Waals surface area contributed by atoms with Gasteiger partial charge in [0.1, 0.15) is 6.29 Å². The molecule has 1 aliphatic carbocycles. The number of rotatable bonds is 1. The molecule has 0 saturated carbocycles. The molecule has 0 spiro atoms. The molecule has 0 fully saturated rings. The predicted molar refractivity (Wildman–Crippen MR) is 74.2 cm³/mol. The lowest BCUT2D eigenvalue weighted by Crippen LogP contribution is -1.87. The van der Waals surface area contributed by atoms with Crippen molar-refractivity contribution in [1.29, 1.82) is 0 Å². The molecule has 98 valence electrons. The first-order valence-corrected chi connectivity index (χ1v) is 7.57. The zero-order chi connectivity index (χ0) is 12.2. The molecule has 0 saturated heterocycles. The number of carbonyl (C=O) groups is 1. The quantitative estimate of drug-likeness (QED) is 0.572. The van der Waals surface area contributed by atoms with Crippen LogP contribution in [0.3, 0.4) is 0 Å². The second-order valence-corrected chi connectivity index (χ2v) is 5.32. The zero-order valence-corrected chi connectivity index (χ0v) is 11.3. The Labute approximate surface area is 107 Å². The molecule has 1 nitrogen and oxygen atoms in total. The minimum Gasteiger partial charge on any atom is -0.298 e. The average molecular weight is 236 g/mol. The topological polar surface area (TPSA) is 17.1 Å². The third-order valence-electron chi connectivity index (χ3n) is 3.73. The van der Waals surface area contributed by atoms with Crippen molar-refractivity contribution < 1.29 is 4.79 Å². The first kappa shape index (κ1) is 14.5. The summed E-state index contributed by atoms with van der Waals surface area (Å²) in [6, 6.07) is 0. The number of hydrogen-bond acceptors (Lipinski definition) is 1. The molecule has 0 radical (unpaired) electrons. The van der Waals surface area contributed by atoms with Crippen molar-refractivity contribution in [1.82, 2.24) is 0 Å². The summed E-state index contributed by atoms with van der Waals surface area (Å²) in [5, 5.41) is 0. The van der Waals surface area contributed by atoms with Crippen LogP contribution in [0, 0.1) is 0 Å². The number of allylic oxidation sites excluding steroid dienone is 2. The summed E-state index contributed by atoms with van der Waals surface area (Å²) < 4.78 is 0. The maximum atomic E-state index is 10.9. The van der Waals surface area contributed by atoms with Gasteiger partial charge >= 0.3 is 0 Å². The Morgan fingerprint density at radius 3 is 1.71 bits per heavy atom. The van der Waals surface area contributed by atoms with E-state index in [1.807, 2.05) is 0 Å². The van der Waals surface area contributed by atoms with Gasteiger partial charge in [-0.2, -0.15) is 0 Å². The van der Waals surface area contributed by atoms with Gasteiger partial charge in [-0.1, -0.05) is 63.9 Å². The van der Waals surface area contributed by atoms with Gasteiger partial charge in [-0.25, -0.2) is 0 Å². The SMILES string of the molecule is O=C/C1=C/CCCCCCCCCCCCC1. The molecule has 0 bridgehead atoms. The Kier molecular flexibility index (Phi) is 8.99. The smallest absolute Gasteiger partial charge is 0.145 e. The summed E-state index contributed by atoms with van der Waals surface area (Å²) in [6.45, 7) is 0. The van der Waals surface area contributed by atoms with Gasteiger partial charge in [-0.3, -0.25) is 4.79 Å². The van der Waals surface area contributed by atoms with Crippen LogP contribution in [0.5, 0.6) is 0 Å². The van der Waals surface area contributed by atoms with Crippen LogP contribution in [0.2, 0.25) is 0 Å². The van der Waals surface area contributed by atoms with E-state index in [1.54, 1.807) is 0 Å². The molecule has 0 atom stereocenters. The summed E-state index contributed by atoms with van der Waals surface area (Å²) in [4.78, 5) is 10.9. The molecule has 0 amide bonds. The Bertz CT molecular complexity index is 218. The molecular formula is C16H28O. The Morgan fingerprint density at radius 2 is 1.18 bits per heavy atom. The molecule has 0 aromatic rings. The lowest BCUT2D eigenvalue weighted by Gasteiger charge is -2.01. The number of aldehydes is 1. The molecule has 0 aromatic heterocycles. The Hall–Kier alpha value is -0.590. The van der Waals surface area contributed by atoms with Crippen LogP contribution in [0.25, 0.3) is 0 Å². The summed E-state index contributed by atoms with van der Waals surface area (Å²) in [5.41, 5.74) is 1.04. The third-order valence-corrected chi connectivity index (χ3v) is 3.73. The summed E-state index contributed by atoms with van der Waals surface area (Å²) >= 11 is 0. The molecule has 0 heterocycles. The first-order chi connectivity index (χ1) is 8.43. The van der Waals surface area contributed by atoms with Gasteiger partial charge in [0.05, 0.1) is 0 Å². The highest BCUT2D eigenvalue weighted by Crippen LogP contribution is 2.15. The van der Waals surface area contributed by atoms with E-state index in [0.29, 0.717) is 0 Å². The van der Waals surface area contributed by atoms with Crippen LogP contribution in [-0.2, 0) is 4.79 Å². The largest absolute Gasteiger partial charge is 0.298 e. The lowest BCUT2D eigenvalue weighted by atomic mass is 10.0. The van der Waals surface area contributed by atoms with Gasteiger partial charge in [0.25, 0.3) is 0 Å². The van der Waals surface area contributed by atoms with Crippen molar-refractivity contribution in [2.24, 2.45) is 0 Å². The molecular weight excluding hydrogens is 208 g/mol. The fourth-order valence-corrected chi connectivity index (χ4v) is 2.56. The molecule has 1 aliphatic rings.